The number of carbonyl (C=O) groups excluding carboxylic acids is 1. The van der Waals surface area contributed by atoms with Crippen LogP contribution in [0, 0.1) is 0 Å². The molecule has 178 valence electrons. The molecule has 0 saturated carbocycles. The molecule has 0 spiro atoms. The number of sulfonamides is 1. The van der Waals surface area contributed by atoms with Gasteiger partial charge in [-0.2, -0.15) is 0 Å². The Morgan fingerprint density at radius 1 is 1.06 bits per heavy atom. The van der Waals surface area contributed by atoms with Gasteiger partial charge in [0.25, 0.3) is 10.0 Å². The third-order valence-electron chi connectivity index (χ3n) is 5.76. The van der Waals surface area contributed by atoms with Crippen LogP contribution in [0.1, 0.15) is 11.6 Å². The van der Waals surface area contributed by atoms with Crippen molar-refractivity contribution in [1.82, 2.24) is 9.97 Å². The highest BCUT2D eigenvalue weighted by atomic mass is 35.5. The first-order chi connectivity index (χ1) is 17.0. The van der Waals surface area contributed by atoms with E-state index in [0.29, 0.717) is 39.8 Å². The molecular weight excluding hydrogens is 488 g/mol. The smallest absolute Gasteiger partial charge is 0.259 e. The molecule has 10 heteroatoms. The number of fused-ring (bicyclic) bond motifs is 1. The number of anilines is 2. The molecule has 1 aliphatic rings. The number of halogens is 1. The molecule has 3 heterocycles. The largest absolute Gasteiger partial charge is 0.372 e. The summed E-state index contributed by atoms with van der Waals surface area (Å²) in [6.45, 7) is 0.586. The van der Waals surface area contributed by atoms with E-state index < -0.39 is 16.1 Å². The molecule has 1 fully saturated rings. The molecule has 4 aromatic rings. The minimum absolute atomic E-state index is 0.252. The molecule has 1 N–H and O–H groups in total. The fourth-order valence-corrected chi connectivity index (χ4v) is 5.50. The molecule has 0 aliphatic carbocycles. The minimum Gasteiger partial charge on any atom is -0.372 e. The van der Waals surface area contributed by atoms with Crippen molar-refractivity contribution in [2.75, 3.05) is 28.7 Å². The lowest BCUT2D eigenvalue weighted by Gasteiger charge is -2.28. The van der Waals surface area contributed by atoms with Crippen molar-refractivity contribution >= 4 is 50.2 Å². The van der Waals surface area contributed by atoms with Crippen molar-refractivity contribution in [1.29, 1.82) is 0 Å². The molecule has 1 unspecified atom stereocenters. The van der Waals surface area contributed by atoms with Gasteiger partial charge in [-0.15, -0.1) is 0 Å². The Bertz CT molecular complexity index is 1490. The van der Waals surface area contributed by atoms with E-state index in [0.717, 1.165) is 17.2 Å². The Morgan fingerprint density at radius 2 is 1.89 bits per heavy atom. The molecular formula is C25H21ClN4O4S. The monoisotopic (exact) mass is 508 g/mol. The highest BCUT2D eigenvalue weighted by Crippen LogP contribution is 2.34. The minimum atomic E-state index is -3.51. The van der Waals surface area contributed by atoms with Gasteiger partial charge >= 0.3 is 0 Å². The quantitative estimate of drug-likeness (QED) is 0.384. The fourth-order valence-electron chi connectivity index (χ4n) is 4.04. The molecule has 2 aromatic carbocycles. The van der Waals surface area contributed by atoms with Crippen molar-refractivity contribution in [3.63, 3.8) is 0 Å². The summed E-state index contributed by atoms with van der Waals surface area (Å²) in [5.41, 5.74) is 4.13. The van der Waals surface area contributed by atoms with Crippen LogP contribution in [-0.4, -0.2) is 43.8 Å². The maximum atomic E-state index is 12.3. The molecule has 0 amide bonds. The van der Waals surface area contributed by atoms with Crippen LogP contribution in [0.15, 0.2) is 73.1 Å². The molecule has 35 heavy (non-hydrogen) atoms. The highest BCUT2D eigenvalue weighted by Gasteiger charge is 2.27. The predicted octanol–water partition coefficient (Wildman–Crippen LogP) is 4.43. The zero-order valence-electron chi connectivity index (χ0n) is 18.5. The van der Waals surface area contributed by atoms with E-state index in [1.165, 1.54) is 4.31 Å². The topological polar surface area (TPSA) is 101 Å². The van der Waals surface area contributed by atoms with Gasteiger partial charge in [0.1, 0.15) is 12.3 Å². The van der Waals surface area contributed by atoms with E-state index in [-0.39, 0.29) is 12.5 Å². The van der Waals surface area contributed by atoms with Gasteiger partial charge in [-0.25, -0.2) is 8.42 Å². The van der Waals surface area contributed by atoms with Crippen LogP contribution in [0.2, 0.25) is 5.02 Å². The number of rotatable bonds is 6. The molecule has 1 aliphatic heterocycles. The molecule has 1 saturated heterocycles. The van der Waals surface area contributed by atoms with E-state index in [4.69, 9.17) is 16.3 Å². The maximum Gasteiger partial charge on any atom is 0.259 e. The summed E-state index contributed by atoms with van der Waals surface area (Å²) in [6.07, 6.45) is 4.21. The summed E-state index contributed by atoms with van der Waals surface area (Å²) in [5, 5.41) is 4.62. The number of aromatic nitrogens is 2. The highest BCUT2D eigenvalue weighted by molar-refractivity contribution is 7.92. The van der Waals surface area contributed by atoms with Gasteiger partial charge in [0.15, 0.2) is 5.94 Å². The lowest BCUT2D eigenvalue weighted by Crippen LogP contribution is -2.41. The van der Waals surface area contributed by atoms with Crippen LogP contribution >= 0.6 is 11.6 Å². The Labute approximate surface area is 207 Å². The standard InChI is InChI=1S/C25H21ClN4O4S/c26-22-8-5-18(14-21(22)25-20-2-1-10-27-23(20)9-11-28-25)29-24(15-31)17-3-6-19(7-4-17)30-12-13-34-16-35(30,32)33/h1-11,14-15,24,29H,12-13,16H2. The summed E-state index contributed by atoms with van der Waals surface area (Å²) in [5.74, 6) is -0.339. The Hall–Kier alpha value is -3.53. The van der Waals surface area contributed by atoms with Crippen molar-refractivity contribution in [2.24, 2.45) is 0 Å². The third-order valence-corrected chi connectivity index (χ3v) is 7.62. The van der Waals surface area contributed by atoms with Gasteiger partial charge in [-0.05, 0) is 54.1 Å². The van der Waals surface area contributed by atoms with Crippen LogP contribution < -0.4 is 9.62 Å². The SMILES string of the molecule is O=CC(Nc1ccc(Cl)c(-c2nccc3ncccc23)c1)c1ccc(N2CCOCS2(=O)=O)cc1. The number of ether oxygens (including phenoxy) is 1. The third kappa shape index (κ3) is 4.70. The first-order valence-corrected chi connectivity index (χ1v) is 12.8. The van der Waals surface area contributed by atoms with E-state index in [1.54, 1.807) is 48.8 Å². The van der Waals surface area contributed by atoms with Crippen molar-refractivity contribution < 1.29 is 17.9 Å². The number of nitrogens with zero attached hydrogens (tertiary/aromatic N) is 3. The van der Waals surface area contributed by atoms with Crippen LogP contribution in [0.25, 0.3) is 22.2 Å². The van der Waals surface area contributed by atoms with Crippen molar-refractivity contribution in [2.45, 2.75) is 6.04 Å². The zero-order chi connectivity index (χ0) is 24.4. The second-order valence-corrected chi connectivity index (χ2v) is 10.2. The second-order valence-electron chi connectivity index (χ2n) is 7.98. The maximum absolute atomic E-state index is 12.3. The van der Waals surface area contributed by atoms with E-state index in [1.807, 2.05) is 24.3 Å². The van der Waals surface area contributed by atoms with Crippen LogP contribution in [0.4, 0.5) is 11.4 Å². The summed E-state index contributed by atoms with van der Waals surface area (Å²) in [6, 6.07) is 17.2. The van der Waals surface area contributed by atoms with Gasteiger partial charge in [-0.1, -0.05) is 23.7 Å². The van der Waals surface area contributed by atoms with Crippen LogP contribution in [0.5, 0.6) is 0 Å². The normalized spacial score (nSPS) is 16.1. The van der Waals surface area contributed by atoms with Crippen LogP contribution in [-0.2, 0) is 19.6 Å². The number of nitrogens with one attached hydrogen (secondary N) is 1. The first kappa shape index (κ1) is 23.2. The van der Waals surface area contributed by atoms with Crippen LogP contribution in [0.3, 0.4) is 0 Å². The Morgan fingerprint density at radius 3 is 2.66 bits per heavy atom. The second kappa shape index (κ2) is 9.61. The van der Waals surface area contributed by atoms with Gasteiger partial charge in [0.05, 0.1) is 35.1 Å². The summed E-state index contributed by atoms with van der Waals surface area (Å²) < 4.78 is 30.9. The number of pyridine rings is 2. The fraction of sp³-hybridized carbons (Fsp3) is 0.160. The summed E-state index contributed by atoms with van der Waals surface area (Å²) in [4.78, 5) is 20.9. The first-order valence-electron chi connectivity index (χ1n) is 10.9. The van der Waals surface area contributed by atoms with Crippen molar-refractivity contribution in [3.05, 3.63) is 83.6 Å². The molecule has 0 radical (unpaired) electrons. The van der Waals surface area contributed by atoms with Gasteiger partial charge in [0.2, 0.25) is 0 Å². The molecule has 2 aromatic heterocycles. The van der Waals surface area contributed by atoms with E-state index in [2.05, 4.69) is 15.3 Å². The number of hydrogen-bond donors (Lipinski definition) is 1. The lowest BCUT2D eigenvalue weighted by atomic mass is 10.0. The van der Waals surface area contributed by atoms with Crippen molar-refractivity contribution in [3.8, 4) is 11.3 Å². The molecule has 8 nitrogen and oxygen atoms in total. The molecule has 5 rings (SSSR count). The number of hydrogen-bond acceptors (Lipinski definition) is 7. The summed E-state index contributed by atoms with van der Waals surface area (Å²) >= 11 is 6.51. The van der Waals surface area contributed by atoms with Gasteiger partial charge < -0.3 is 14.8 Å². The average Bonchev–Trinajstić information content (AvgIpc) is 2.88. The van der Waals surface area contributed by atoms with E-state index in [9.17, 15) is 13.2 Å². The molecule has 0 bridgehead atoms. The summed E-state index contributed by atoms with van der Waals surface area (Å²) in [7, 11) is -3.51. The Balaban J connectivity index is 1.42. The number of benzene rings is 2. The van der Waals surface area contributed by atoms with Gasteiger partial charge in [-0.3, -0.25) is 14.3 Å². The lowest BCUT2D eigenvalue weighted by molar-refractivity contribution is -0.108. The van der Waals surface area contributed by atoms with Gasteiger partial charge in [0, 0.05) is 29.0 Å². The number of carbonyl (C=O) groups is 1. The average molecular weight is 509 g/mol. The zero-order valence-corrected chi connectivity index (χ0v) is 20.0. The predicted molar refractivity (Wildman–Crippen MR) is 136 cm³/mol. The number of aldehydes is 1. The van der Waals surface area contributed by atoms with E-state index >= 15 is 0 Å². The Kier molecular flexibility index (Phi) is 6.38. The molecule has 1 atom stereocenters.